The molecule has 0 heterocycles. The first kappa shape index (κ1) is 13.5. The molecule has 0 fully saturated rings. The van der Waals surface area contributed by atoms with Crippen LogP contribution in [0.2, 0.25) is 0 Å². The molecule has 0 aliphatic heterocycles. The predicted octanol–water partition coefficient (Wildman–Crippen LogP) is 1.06. The van der Waals surface area contributed by atoms with Crippen molar-refractivity contribution in [3.05, 3.63) is 28.8 Å². The lowest BCUT2D eigenvalue weighted by molar-refractivity contribution is -0.120. The highest BCUT2D eigenvalue weighted by Crippen LogP contribution is 2.25. The summed E-state index contributed by atoms with van der Waals surface area (Å²) in [7, 11) is 1.69. The third-order valence-corrected chi connectivity index (χ3v) is 2.96. The zero-order valence-corrected chi connectivity index (χ0v) is 10.8. The molecule has 1 amide bonds. The predicted molar refractivity (Wildman–Crippen MR) is 68.2 cm³/mol. The van der Waals surface area contributed by atoms with Crippen LogP contribution in [0.3, 0.4) is 0 Å². The lowest BCUT2D eigenvalue weighted by Crippen LogP contribution is -2.43. The summed E-state index contributed by atoms with van der Waals surface area (Å²) in [4.78, 5) is 11.1. The topological polar surface area (TPSA) is 64.3 Å². The van der Waals surface area contributed by atoms with Gasteiger partial charge in [0.1, 0.15) is 18.4 Å². The number of amides is 1. The van der Waals surface area contributed by atoms with Crippen LogP contribution in [0.4, 0.5) is 0 Å². The number of hydrogen-bond donors (Lipinski definition) is 2. The summed E-state index contributed by atoms with van der Waals surface area (Å²) >= 11 is 0. The summed E-state index contributed by atoms with van der Waals surface area (Å²) in [5.41, 5.74) is 8.57. The lowest BCUT2D eigenvalue weighted by Gasteiger charge is -2.17. The minimum atomic E-state index is -0.464. The smallest absolute Gasteiger partial charge is 0.238 e. The van der Waals surface area contributed by atoms with Crippen LogP contribution in [0.25, 0.3) is 0 Å². The largest absolute Gasteiger partial charge is 0.491 e. The van der Waals surface area contributed by atoms with Gasteiger partial charge >= 0.3 is 0 Å². The van der Waals surface area contributed by atoms with Gasteiger partial charge in [-0.3, -0.25) is 4.79 Å². The number of rotatable bonds is 5. The molecule has 17 heavy (non-hydrogen) atoms. The van der Waals surface area contributed by atoms with Gasteiger partial charge in [-0.15, -0.1) is 0 Å². The Balaban J connectivity index is 2.82. The molecule has 3 N–H and O–H groups in total. The quantitative estimate of drug-likeness (QED) is 0.803. The Labute approximate surface area is 102 Å². The van der Waals surface area contributed by atoms with Crippen molar-refractivity contribution in [2.24, 2.45) is 5.73 Å². The SMILES string of the molecule is CNC(COc1c(C)ccc(C)c1C)C(N)=O. The van der Waals surface area contributed by atoms with Gasteiger partial charge in [0.05, 0.1) is 0 Å². The number of carbonyl (C=O) groups is 1. The number of likely N-dealkylation sites (N-methyl/N-ethyl adjacent to an activating group) is 1. The Kier molecular flexibility index (Phi) is 4.52. The Bertz CT molecular complexity index is 416. The van der Waals surface area contributed by atoms with E-state index in [4.69, 9.17) is 10.5 Å². The monoisotopic (exact) mass is 236 g/mol. The molecular weight excluding hydrogens is 216 g/mol. The number of nitrogens with one attached hydrogen (secondary N) is 1. The number of hydrogen-bond acceptors (Lipinski definition) is 3. The van der Waals surface area contributed by atoms with E-state index < -0.39 is 11.9 Å². The molecule has 1 aromatic carbocycles. The summed E-state index contributed by atoms with van der Waals surface area (Å²) in [5, 5.41) is 2.83. The van der Waals surface area contributed by atoms with E-state index in [0.29, 0.717) is 0 Å². The summed E-state index contributed by atoms with van der Waals surface area (Å²) in [6, 6.07) is 3.60. The number of ether oxygens (including phenoxy) is 1. The van der Waals surface area contributed by atoms with Crippen LogP contribution in [0, 0.1) is 20.8 Å². The maximum Gasteiger partial charge on any atom is 0.238 e. The molecule has 0 aliphatic carbocycles. The molecule has 0 bridgehead atoms. The molecule has 4 heteroatoms. The minimum Gasteiger partial charge on any atom is -0.491 e. The van der Waals surface area contributed by atoms with Crippen molar-refractivity contribution < 1.29 is 9.53 Å². The second-order valence-electron chi connectivity index (χ2n) is 4.21. The zero-order valence-electron chi connectivity index (χ0n) is 10.8. The van der Waals surface area contributed by atoms with Gasteiger partial charge in [-0.2, -0.15) is 0 Å². The van der Waals surface area contributed by atoms with E-state index in [2.05, 4.69) is 11.4 Å². The molecule has 94 valence electrons. The van der Waals surface area contributed by atoms with Crippen LogP contribution in [-0.2, 0) is 4.79 Å². The molecule has 0 saturated heterocycles. The van der Waals surface area contributed by atoms with Gasteiger partial charge < -0.3 is 15.8 Å². The van der Waals surface area contributed by atoms with Crippen molar-refractivity contribution in [2.45, 2.75) is 26.8 Å². The molecule has 1 atom stereocenters. The minimum absolute atomic E-state index is 0.247. The average molecular weight is 236 g/mol. The maximum atomic E-state index is 11.1. The van der Waals surface area contributed by atoms with Crippen molar-refractivity contribution in [2.75, 3.05) is 13.7 Å². The van der Waals surface area contributed by atoms with Crippen LogP contribution in [0.15, 0.2) is 12.1 Å². The first-order valence-corrected chi connectivity index (χ1v) is 5.63. The van der Waals surface area contributed by atoms with Gasteiger partial charge in [0.2, 0.25) is 5.91 Å². The van der Waals surface area contributed by atoms with Crippen molar-refractivity contribution in [3.8, 4) is 5.75 Å². The summed E-state index contributed by atoms with van der Waals surface area (Å²) in [6.07, 6.45) is 0. The van der Waals surface area contributed by atoms with E-state index in [9.17, 15) is 4.79 Å². The number of carbonyl (C=O) groups excluding carboxylic acids is 1. The Morgan fingerprint density at radius 2 is 1.94 bits per heavy atom. The fourth-order valence-corrected chi connectivity index (χ4v) is 1.62. The number of benzene rings is 1. The van der Waals surface area contributed by atoms with Gasteiger partial charge in [0.15, 0.2) is 0 Å². The van der Waals surface area contributed by atoms with E-state index in [1.165, 1.54) is 5.56 Å². The van der Waals surface area contributed by atoms with Gasteiger partial charge in [0, 0.05) is 0 Å². The fraction of sp³-hybridized carbons (Fsp3) is 0.462. The Morgan fingerprint density at radius 3 is 2.47 bits per heavy atom. The van der Waals surface area contributed by atoms with Crippen molar-refractivity contribution >= 4 is 5.91 Å². The average Bonchev–Trinajstić information content (AvgIpc) is 2.28. The normalized spacial score (nSPS) is 12.2. The van der Waals surface area contributed by atoms with Gasteiger partial charge in [-0.25, -0.2) is 0 Å². The highest BCUT2D eigenvalue weighted by atomic mass is 16.5. The maximum absolute atomic E-state index is 11.1. The van der Waals surface area contributed by atoms with Crippen LogP contribution in [0.5, 0.6) is 5.75 Å². The van der Waals surface area contributed by atoms with Crippen LogP contribution in [-0.4, -0.2) is 25.6 Å². The standard InChI is InChI=1S/C13H20N2O2/c1-8-5-6-9(2)12(10(8)3)17-7-11(15-4)13(14)16/h5-6,11,15H,7H2,1-4H3,(H2,14,16). The molecule has 1 unspecified atom stereocenters. The Hall–Kier alpha value is -1.55. The van der Waals surface area contributed by atoms with Gasteiger partial charge in [0.25, 0.3) is 0 Å². The molecule has 0 radical (unpaired) electrons. The number of primary amides is 1. The second kappa shape index (κ2) is 5.68. The third-order valence-electron chi connectivity index (χ3n) is 2.96. The molecule has 0 aliphatic rings. The summed E-state index contributed by atoms with van der Waals surface area (Å²) in [5.74, 6) is 0.432. The van der Waals surface area contributed by atoms with E-state index in [1.807, 2.05) is 26.8 Å². The van der Waals surface area contributed by atoms with Crippen LogP contribution in [0.1, 0.15) is 16.7 Å². The zero-order chi connectivity index (χ0) is 13.0. The highest BCUT2D eigenvalue weighted by molar-refractivity contribution is 5.80. The third kappa shape index (κ3) is 3.20. The van der Waals surface area contributed by atoms with Crippen LogP contribution >= 0.6 is 0 Å². The van der Waals surface area contributed by atoms with Crippen molar-refractivity contribution in [1.82, 2.24) is 5.32 Å². The molecule has 4 nitrogen and oxygen atoms in total. The van der Waals surface area contributed by atoms with Crippen LogP contribution < -0.4 is 15.8 Å². The first-order chi connectivity index (χ1) is 7.97. The highest BCUT2D eigenvalue weighted by Gasteiger charge is 2.15. The lowest BCUT2D eigenvalue weighted by atomic mass is 10.1. The van der Waals surface area contributed by atoms with E-state index in [-0.39, 0.29) is 6.61 Å². The number of aryl methyl sites for hydroxylation is 2. The van der Waals surface area contributed by atoms with Gasteiger partial charge in [-0.05, 0) is 44.5 Å². The molecule has 1 aromatic rings. The molecule has 0 spiro atoms. The molecular formula is C13H20N2O2. The van der Waals surface area contributed by atoms with E-state index in [1.54, 1.807) is 7.05 Å². The molecule has 1 rings (SSSR count). The van der Waals surface area contributed by atoms with Crippen molar-refractivity contribution in [3.63, 3.8) is 0 Å². The van der Waals surface area contributed by atoms with E-state index in [0.717, 1.165) is 16.9 Å². The van der Waals surface area contributed by atoms with E-state index >= 15 is 0 Å². The van der Waals surface area contributed by atoms with Crippen molar-refractivity contribution in [1.29, 1.82) is 0 Å². The Morgan fingerprint density at radius 1 is 1.35 bits per heavy atom. The number of nitrogens with two attached hydrogens (primary N) is 1. The van der Waals surface area contributed by atoms with Gasteiger partial charge in [-0.1, -0.05) is 12.1 Å². The molecule has 0 aromatic heterocycles. The second-order valence-corrected chi connectivity index (χ2v) is 4.21. The fourth-order valence-electron chi connectivity index (χ4n) is 1.62. The first-order valence-electron chi connectivity index (χ1n) is 5.63. The summed E-state index contributed by atoms with van der Waals surface area (Å²) in [6.45, 7) is 6.28. The summed E-state index contributed by atoms with van der Waals surface area (Å²) < 4.78 is 5.70. The molecule has 0 saturated carbocycles.